The fourth-order valence-electron chi connectivity index (χ4n) is 3.08. The summed E-state index contributed by atoms with van der Waals surface area (Å²) in [5, 5.41) is 6.55. The van der Waals surface area contributed by atoms with Crippen molar-refractivity contribution in [1.29, 1.82) is 0 Å². The number of carbonyl (C=O) groups excluding carboxylic acids is 1. The highest BCUT2D eigenvalue weighted by atomic mass is 35.5. The smallest absolute Gasteiger partial charge is 0.358 e. The maximum Gasteiger partial charge on any atom is 0.405 e. The van der Waals surface area contributed by atoms with Crippen molar-refractivity contribution in [2.75, 3.05) is 11.9 Å². The molecular weight excluding hydrogens is 433 g/mol. The third-order valence-corrected chi connectivity index (χ3v) is 4.76. The van der Waals surface area contributed by atoms with Gasteiger partial charge in [-0.1, -0.05) is 23.7 Å². The molecule has 1 atom stereocenters. The minimum absolute atomic E-state index is 0. The molecule has 0 bridgehead atoms. The van der Waals surface area contributed by atoms with Crippen LogP contribution < -0.4 is 10.6 Å². The predicted octanol–water partition coefficient (Wildman–Crippen LogP) is 5.04. The summed E-state index contributed by atoms with van der Waals surface area (Å²) in [5.41, 5.74) is 1.85. The Morgan fingerprint density at radius 2 is 2.03 bits per heavy atom. The van der Waals surface area contributed by atoms with Gasteiger partial charge in [0.2, 0.25) is 5.91 Å². The fraction of sp³-hybridized carbons (Fsp3) is 0.200. The summed E-state index contributed by atoms with van der Waals surface area (Å²) in [6, 6.07) is 7.88. The van der Waals surface area contributed by atoms with Gasteiger partial charge < -0.3 is 15.6 Å². The highest BCUT2D eigenvalue weighted by Crippen LogP contribution is 2.30. The number of amides is 1. The number of pyridine rings is 1. The second-order valence-electron chi connectivity index (χ2n) is 6.86. The molecule has 4 aromatic rings. The van der Waals surface area contributed by atoms with Crippen LogP contribution in [0.15, 0.2) is 42.7 Å². The first-order valence-electron chi connectivity index (χ1n) is 9.22. The number of hydrogen-bond acceptors (Lipinski definition) is 5. The van der Waals surface area contributed by atoms with Crippen molar-refractivity contribution in [1.82, 2.24) is 25.3 Å². The number of H-pyrrole nitrogens is 1. The van der Waals surface area contributed by atoms with Crippen molar-refractivity contribution in [3.63, 3.8) is 0 Å². The molecule has 0 radical (unpaired) electrons. The Bertz CT molecular complexity index is 1290. The number of hydrogen-bond donors (Lipinski definition) is 3. The van der Waals surface area contributed by atoms with Crippen LogP contribution in [0.4, 0.5) is 19.0 Å². The third-order valence-electron chi connectivity index (χ3n) is 4.55. The summed E-state index contributed by atoms with van der Waals surface area (Å²) in [7, 11) is 0. The quantitative estimate of drug-likeness (QED) is 0.392. The zero-order valence-electron chi connectivity index (χ0n) is 16.1. The Labute approximate surface area is 183 Å². The van der Waals surface area contributed by atoms with E-state index in [1.807, 2.05) is 5.32 Å². The molecule has 3 aromatic heterocycles. The van der Waals surface area contributed by atoms with Crippen LogP contribution in [0.1, 0.15) is 11.2 Å². The standard InChI is InChI=1S/C20H16ClF3N6O.3H2/c1-10(19(31)27-9-20(22,23)24)28-17-12-4-2-3-5-15(12)29-18(30-17)14-8-26-16-13(14)6-11(21)7-25-16;;;/h2-8,10H,9H2,1H3,(H,25,26)(H,27,31)(H,28,29,30);3*1H/t10-;;;/m1.../s1. The third kappa shape index (κ3) is 4.53. The molecule has 7 nitrogen and oxygen atoms in total. The molecule has 4 rings (SSSR count). The van der Waals surface area contributed by atoms with E-state index in [1.54, 1.807) is 36.5 Å². The highest BCUT2D eigenvalue weighted by molar-refractivity contribution is 6.31. The van der Waals surface area contributed by atoms with E-state index in [0.29, 0.717) is 44.2 Å². The molecule has 0 aliphatic heterocycles. The zero-order valence-corrected chi connectivity index (χ0v) is 16.8. The van der Waals surface area contributed by atoms with Crippen molar-refractivity contribution >= 4 is 45.3 Å². The van der Waals surface area contributed by atoms with Gasteiger partial charge in [-0.05, 0) is 25.1 Å². The number of carbonyl (C=O) groups is 1. The number of nitrogens with one attached hydrogen (secondary N) is 3. The normalized spacial score (nSPS) is 12.8. The average Bonchev–Trinajstić information content (AvgIpc) is 3.14. The molecule has 1 aromatic carbocycles. The predicted molar refractivity (Wildman–Crippen MR) is 118 cm³/mol. The van der Waals surface area contributed by atoms with Crippen LogP contribution in [-0.2, 0) is 4.79 Å². The maximum absolute atomic E-state index is 12.4. The first-order chi connectivity index (χ1) is 14.7. The minimum Gasteiger partial charge on any atom is -0.358 e. The lowest BCUT2D eigenvalue weighted by atomic mass is 10.1. The molecule has 3 N–H and O–H groups in total. The van der Waals surface area contributed by atoms with E-state index in [9.17, 15) is 18.0 Å². The lowest BCUT2D eigenvalue weighted by Gasteiger charge is -2.17. The van der Waals surface area contributed by atoms with Crippen molar-refractivity contribution < 1.29 is 22.2 Å². The number of aromatic amines is 1. The van der Waals surface area contributed by atoms with E-state index < -0.39 is 24.7 Å². The van der Waals surface area contributed by atoms with E-state index in [1.165, 1.54) is 13.1 Å². The first kappa shape index (κ1) is 20.9. The number of aromatic nitrogens is 4. The van der Waals surface area contributed by atoms with Crippen LogP contribution in [0, 0.1) is 0 Å². The summed E-state index contributed by atoms with van der Waals surface area (Å²) in [6.45, 7) is 0.0500. The molecule has 11 heteroatoms. The van der Waals surface area contributed by atoms with Crippen LogP contribution in [0.25, 0.3) is 33.3 Å². The largest absolute Gasteiger partial charge is 0.405 e. The van der Waals surface area contributed by atoms with Crippen LogP contribution in [0.2, 0.25) is 5.02 Å². The number of halogens is 4. The topological polar surface area (TPSA) is 95.6 Å². The van der Waals surface area contributed by atoms with E-state index in [4.69, 9.17) is 11.6 Å². The Morgan fingerprint density at radius 3 is 2.81 bits per heavy atom. The molecule has 0 saturated heterocycles. The summed E-state index contributed by atoms with van der Waals surface area (Å²) >= 11 is 6.07. The van der Waals surface area contributed by atoms with Crippen LogP contribution >= 0.6 is 11.6 Å². The average molecular weight is 455 g/mol. The molecule has 0 aliphatic carbocycles. The van der Waals surface area contributed by atoms with Crippen molar-refractivity contribution in [3.8, 4) is 11.4 Å². The molecule has 1 amide bonds. The summed E-state index contributed by atoms with van der Waals surface area (Å²) in [5.74, 6) is -0.136. The van der Waals surface area contributed by atoms with Crippen LogP contribution in [0.3, 0.4) is 0 Å². The van der Waals surface area contributed by atoms with E-state index >= 15 is 0 Å². The minimum atomic E-state index is -4.49. The number of para-hydroxylation sites is 1. The van der Waals surface area contributed by atoms with Gasteiger partial charge >= 0.3 is 6.18 Å². The number of benzene rings is 1. The van der Waals surface area contributed by atoms with Crippen molar-refractivity contribution in [3.05, 3.63) is 47.7 Å². The summed E-state index contributed by atoms with van der Waals surface area (Å²) in [6.07, 6.45) is -1.28. The van der Waals surface area contributed by atoms with E-state index in [-0.39, 0.29) is 4.28 Å². The first-order valence-corrected chi connectivity index (χ1v) is 9.60. The molecule has 0 spiro atoms. The van der Waals surface area contributed by atoms with Crippen LogP contribution in [0.5, 0.6) is 0 Å². The summed E-state index contributed by atoms with van der Waals surface area (Å²) < 4.78 is 37.2. The van der Waals surface area contributed by atoms with Gasteiger partial charge in [0.05, 0.1) is 10.5 Å². The molecule has 3 heterocycles. The van der Waals surface area contributed by atoms with Gasteiger partial charge in [0, 0.05) is 33.0 Å². The number of nitrogens with zero attached hydrogens (tertiary/aromatic N) is 3. The van der Waals surface area contributed by atoms with Crippen LogP contribution in [-0.4, -0.2) is 44.6 Å². The number of rotatable bonds is 5. The Hall–Kier alpha value is -3.40. The fourth-order valence-corrected chi connectivity index (χ4v) is 3.24. The van der Waals surface area contributed by atoms with Gasteiger partial charge in [-0.25, -0.2) is 15.0 Å². The second-order valence-corrected chi connectivity index (χ2v) is 7.30. The lowest BCUT2D eigenvalue weighted by molar-refractivity contribution is -0.138. The highest BCUT2D eigenvalue weighted by Gasteiger charge is 2.29. The van der Waals surface area contributed by atoms with Gasteiger partial charge in [0.1, 0.15) is 24.1 Å². The Kier molecular flexibility index (Phi) is 5.40. The van der Waals surface area contributed by atoms with Crippen molar-refractivity contribution in [2.45, 2.75) is 19.1 Å². The Morgan fingerprint density at radius 1 is 1.26 bits per heavy atom. The monoisotopic (exact) mass is 454 g/mol. The zero-order chi connectivity index (χ0) is 22.2. The van der Waals surface area contributed by atoms with E-state index in [0.717, 1.165) is 0 Å². The molecule has 0 aliphatic rings. The molecule has 166 valence electrons. The number of anilines is 1. The van der Waals surface area contributed by atoms with Gasteiger partial charge in [0.15, 0.2) is 5.82 Å². The molecule has 0 fully saturated rings. The van der Waals surface area contributed by atoms with Crippen molar-refractivity contribution in [2.24, 2.45) is 0 Å². The lowest BCUT2D eigenvalue weighted by Crippen LogP contribution is -2.42. The molecular formula is C20H22ClF3N6O. The van der Waals surface area contributed by atoms with E-state index in [2.05, 4.69) is 25.3 Å². The SMILES string of the molecule is C[C@@H](Nc1nc(-c2c[nH]c3ncc(Cl)cc23)nc2ccccc12)C(=O)NCC(F)(F)F.[HH].[HH].[HH]. The maximum atomic E-state index is 12.4. The summed E-state index contributed by atoms with van der Waals surface area (Å²) in [4.78, 5) is 28.5. The number of fused-ring (bicyclic) bond motifs is 2. The molecule has 0 unspecified atom stereocenters. The van der Waals surface area contributed by atoms with Gasteiger partial charge in [-0.2, -0.15) is 13.2 Å². The van der Waals surface area contributed by atoms with Gasteiger partial charge in [-0.15, -0.1) is 0 Å². The second kappa shape index (κ2) is 8.03. The Balaban J connectivity index is 0.00000193. The molecule has 0 saturated carbocycles. The number of alkyl halides is 3. The molecule has 31 heavy (non-hydrogen) atoms. The van der Waals surface area contributed by atoms with Gasteiger partial charge in [-0.3, -0.25) is 4.79 Å². The van der Waals surface area contributed by atoms with Gasteiger partial charge in [0.25, 0.3) is 0 Å².